The number of aromatic nitrogens is 1. The van der Waals surface area contributed by atoms with Gasteiger partial charge in [-0.2, -0.15) is 0 Å². The summed E-state index contributed by atoms with van der Waals surface area (Å²) in [5, 5.41) is 2.84. The molecule has 0 radical (unpaired) electrons. The topological polar surface area (TPSA) is 91.4 Å². The summed E-state index contributed by atoms with van der Waals surface area (Å²) in [7, 11) is -3.52. The summed E-state index contributed by atoms with van der Waals surface area (Å²) in [4.78, 5) is 18.3. The number of carbonyl (C=O) groups excluding carboxylic acids is 1. The number of pyridine rings is 1. The first-order valence-electron chi connectivity index (χ1n) is 9.11. The largest absolute Gasteiger partial charge is 0.322 e. The molecule has 29 heavy (non-hydrogen) atoms. The maximum Gasteiger partial charge on any atom is 0.322 e. The number of hydrogen-bond acceptors (Lipinski definition) is 4. The first kappa shape index (κ1) is 18.9. The van der Waals surface area contributed by atoms with Gasteiger partial charge in [0.1, 0.15) is 0 Å². The molecule has 1 aliphatic rings. The number of carbonyl (C=O) groups is 1. The van der Waals surface area contributed by atoms with Gasteiger partial charge >= 0.3 is 6.03 Å². The van der Waals surface area contributed by atoms with Gasteiger partial charge in [0.25, 0.3) is 0 Å². The average molecular weight is 408 g/mol. The Hall–Kier alpha value is -3.39. The fourth-order valence-electron chi connectivity index (χ4n) is 3.20. The molecule has 0 unspecified atom stereocenters. The van der Waals surface area contributed by atoms with E-state index in [-0.39, 0.29) is 11.8 Å². The Balaban J connectivity index is 1.35. The van der Waals surface area contributed by atoms with Crippen molar-refractivity contribution in [2.75, 3.05) is 10.0 Å². The van der Waals surface area contributed by atoms with E-state index in [2.05, 4.69) is 15.0 Å². The molecule has 7 nitrogen and oxygen atoms in total. The van der Waals surface area contributed by atoms with Gasteiger partial charge in [-0.05, 0) is 47.0 Å². The second kappa shape index (κ2) is 7.92. The van der Waals surface area contributed by atoms with E-state index in [1.165, 1.54) is 0 Å². The molecule has 148 valence electrons. The Labute approximate surface area is 169 Å². The number of nitrogens with one attached hydrogen (secondary N) is 2. The summed E-state index contributed by atoms with van der Waals surface area (Å²) >= 11 is 0. The van der Waals surface area contributed by atoms with Gasteiger partial charge in [0.05, 0.1) is 5.75 Å². The predicted octanol–water partition coefficient (Wildman–Crippen LogP) is 3.57. The fourth-order valence-corrected chi connectivity index (χ4v) is 4.40. The summed E-state index contributed by atoms with van der Waals surface area (Å²) in [6.07, 6.45) is 3.50. The molecule has 0 atom stereocenters. The molecule has 2 N–H and O–H groups in total. The van der Waals surface area contributed by atoms with Crippen molar-refractivity contribution in [3.05, 3.63) is 89.7 Å². The molecule has 2 aromatic carbocycles. The zero-order chi connectivity index (χ0) is 20.3. The van der Waals surface area contributed by atoms with Crippen LogP contribution in [0.3, 0.4) is 0 Å². The summed E-state index contributed by atoms with van der Waals surface area (Å²) < 4.78 is 27.2. The molecule has 2 heterocycles. The second-order valence-corrected chi connectivity index (χ2v) is 8.58. The average Bonchev–Trinajstić information content (AvgIpc) is 3.14. The van der Waals surface area contributed by atoms with Crippen molar-refractivity contribution in [2.45, 2.75) is 18.8 Å². The number of rotatable bonds is 5. The highest BCUT2D eigenvalue weighted by Gasteiger charge is 2.23. The molecule has 4 rings (SSSR count). The number of anilines is 2. The van der Waals surface area contributed by atoms with E-state index in [9.17, 15) is 13.2 Å². The van der Waals surface area contributed by atoms with Gasteiger partial charge in [-0.25, -0.2) is 13.2 Å². The Kier molecular flexibility index (Phi) is 5.18. The minimum Gasteiger partial charge on any atom is -0.316 e. The summed E-state index contributed by atoms with van der Waals surface area (Å²) in [6, 6.07) is 17.3. The molecule has 2 amide bonds. The van der Waals surface area contributed by atoms with Crippen LogP contribution in [0.4, 0.5) is 16.2 Å². The first-order valence-corrected chi connectivity index (χ1v) is 10.8. The van der Waals surface area contributed by atoms with Crippen molar-refractivity contribution in [3.63, 3.8) is 0 Å². The van der Waals surface area contributed by atoms with Crippen LogP contribution in [-0.4, -0.2) is 24.3 Å². The molecule has 0 saturated carbocycles. The van der Waals surface area contributed by atoms with Crippen molar-refractivity contribution < 1.29 is 13.2 Å². The Bertz CT molecular complexity index is 1090. The standard InChI is InChI=1S/C21H20N4O3S/c26-21(25-13-17-10-11-22-12-18(17)14-25)23-19-6-8-20(9-7-19)24-29(27,28)15-16-4-2-1-3-5-16/h1-12,24H,13-15H2,(H,23,26). The molecule has 1 aliphatic heterocycles. The Morgan fingerprint density at radius 1 is 0.931 bits per heavy atom. The lowest BCUT2D eigenvalue weighted by atomic mass is 10.2. The van der Waals surface area contributed by atoms with E-state index >= 15 is 0 Å². The van der Waals surface area contributed by atoms with Crippen LogP contribution in [0.25, 0.3) is 0 Å². The van der Waals surface area contributed by atoms with Gasteiger partial charge in [-0.3, -0.25) is 9.71 Å². The molecule has 0 aliphatic carbocycles. The van der Waals surface area contributed by atoms with Gasteiger partial charge in [0, 0.05) is 36.9 Å². The van der Waals surface area contributed by atoms with Gasteiger partial charge < -0.3 is 10.2 Å². The van der Waals surface area contributed by atoms with E-state index < -0.39 is 10.0 Å². The van der Waals surface area contributed by atoms with E-state index in [4.69, 9.17) is 0 Å². The number of urea groups is 1. The zero-order valence-electron chi connectivity index (χ0n) is 15.6. The quantitative estimate of drug-likeness (QED) is 0.675. The van der Waals surface area contributed by atoms with E-state index in [1.807, 2.05) is 12.1 Å². The van der Waals surface area contributed by atoms with Crippen LogP contribution >= 0.6 is 0 Å². The number of fused-ring (bicyclic) bond motifs is 1. The molecule has 0 spiro atoms. The third-order valence-electron chi connectivity index (χ3n) is 4.62. The van der Waals surface area contributed by atoms with Crippen LogP contribution in [0.1, 0.15) is 16.7 Å². The van der Waals surface area contributed by atoms with Crippen molar-refractivity contribution in [1.82, 2.24) is 9.88 Å². The molecule has 0 fully saturated rings. The fraction of sp³-hybridized carbons (Fsp3) is 0.143. The molecule has 1 aromatic heterocycles. The normalized spacial score (nSPS) is 13.0. The number of sulfonamides is 1. The SMILES string of the molecule is O=C(Nc1ccc(NS(=O)(=O)Cc2ccccc2)cc1)N1Cc2ccncc2C1. The van der Waals surface area contributed by atoms with Crippen LogP contribution in [0.15, 0.2) is 73.1 Å². The summed E-state index contributed by atoms with van der Waals surface area (Å²) in [6.45, 7) is 1.06. The van der Waals surface area contributed by atoms with Crippen molar-refractivity contribution in [1.29, 1.82) is 0 Å². The van der Waals surface area contributed by atoms with Crippen molar-refractivity contribution in [3.8, 4) is 0 Å². The molecule has 8 heteroatoms. The van der Waals surface area contributed by atoms with Crippen molar-refractivity contribution >= 4 is 27.4 Å². The van der Waals surface area contributed by atoms with Crippen LogP contribution in [0, 0.1) is 0 Å². The highest BCUT2D eigenvalue weighted by Crippen LogP contribution is 2.23. The molecule has 0 bridgehead atoms. The molecular weight excluding hydrogens is 388 g/mol. The third-order valence-corrected chi connectivity index (χ3v) is 5.88. The van der Waals surface area contributed by atoms with Gasteiger partial charge in [-0.15, -0.1) is 0 Å². The maximum absolute atomic E-state index is 12.5. The predicted molar refractivity (Wildman–Crippen MR) is 112 cm³/mol. The summed E-state index contributed by atoms with van der Waals surface area (Å²) in [5.74, 6) is -0.100. The van der Waals surface area contributed by atoms with Crippen molar-refractivity contribution in [2.24, 2.45) is 0 Å². The van der Waals surface area contributed by atoms with Crippen LogP contribution in [0.5, 0.6) is 0 Å². The van der Waals surface area contributed by atoms with Crippen LogP contribution < -0.4 is 10.0 Å². The molecule has 0 saturated heterocycles. The smallest absolute Gasteiger partial charge is 0.316 e. The number of amides is 2. The monoisotopic (exact) mass is 408 g/mol. The van der Waals surface area contributed by atoms with Gasteiger partial charge in [0.15, 0.2) is 0 Å². The number of nitrogens with zero attached hydrogens (tertiary/aromatic N) is 2. The minimum absolute atomic E-state index is 0.100. The highest BCUT2D eigenvalue weighted by molar-refractivity contribution is 7.91. The Morgan fingerprint density at radius 2 is 1.62 bits per heavy atom. The Morgan fingerprint density at radius 3 is 2.34 bits per heavy atom. The first-order chi connectivity index (χ1) is 14.0. The van der Waals surface area contributed by atoms with Crippen LogP contribution in [0.2, 0.25) is 0 Å². The summed E-state index contributed by atoms with van der Waals surface area (Å²) in [5.41, 5.74) is 3.89. The highest BCUT2D eigenvalue weighted by atomic mass is 32.2. The van der Waals surface area contributed by atoms with Gasteiger partial charge in [0.2, 0.25) is 10.0 Å². The van der Waals surface area contributed by atoms with E-state index in [0.717, 1.165) is 11.1 Å². The number of benzene rings is 2. The van der Waals surface area contributed by atoms with E-state index in [0.29, 0.717) is 30.0 Å². The van der Waals surface area contributed by atoms with Gasteiger partial charge in [-0.1, -0.05) is 30.3 Å². The molecule has 3 aromatic rings. The lowest BCUT2D eigenvalue weighted by molar-refractivity contribution is 0.212. The number of hydrogen-bond donors (Lipinski definition) is 2. The lowest BCUT2D eigenvalue weighted by Gasteiger charge is -2.16. The third kappa shape index (κ3) is 4.72. The second-order valence-electron chi connectivity index (χ2n) is 6.85. The van der Waals surface area contributed by atoms with Crippen LogP contribution in [-0.2, 0) is 28.9 Å². The lowest BCUT2D eigenvalue weighted by Crippen LogP contribution is -2.30. The maximum atomic E-state index is 12.5. The van der Waals surface area contributed by atoms with E-state index in [1.54, 1.807) is 65.8 Å². The minimum atomic E-state index is -3.52. The zero-order valence-corrected chi connectivity index (χ0v) is 16.4. The molecular formula is C21H20N4O3S.